The van der Waals surface area contributed by atoms with E-state index in [9.17, 15) is 34.8 Å². The van der Waals surface area contributed by atoms with Gasteiger partial charge in [0.25, 0.3) is 0 Å². The molecule has 1 aliphatic heterocycles. The molecule has 2 aromatic rings. The third-order valence-electron chi connectivity index (χ3n) is 9.41. The summed E-state index contributed by atoms with van der Waals surface area (Å²) < 4.78 is 16.4. The summed E-state index contributed by atoms with van der Waals surface area (Å²) in [5.41, 5.74) is -1.03. The van der Waals surface area contributed by atoms with Crippen LogP contribution < -0.4 is 5.32 Å². The van der Waals surface area contributed by atoms with E-state index in [-0.39, 0.29) is 19.6 Å². The summed E-state index contributed by atoms with van der Waals surface area (Å²) in [4.78, 5) is 39.1. The van der Waals surface area contributed by atoms with Crippen molar-refractivity contribution in [2.45, 2.75) is 140 Å². The van der Waals surface area contributed by atoms with E-state index < -0.39 is 73.4 Å². The molecule has 5 N–H and O–H groups in total. The van der Waals surface area contributed by atoms with Crippen molar-refractivity contribution in [1.29, 1.82) is 0 Å². The highest BCUT2D eigenvalue weighted by Gasteiger charge is 2.59. The van der Waals surface area contributed by atoms with Crippen LogP contribution in [-0.2, 0) is 41.8 Å². The molecule has 1 aliphatic rings. The summed E-state index contributed by atoms with van der Waals surface area (Å²) in [6.07, 6.45) is 6.00. The van der Waals surface area contributed by atoms with Crippen LogP contribution in [0.25, 0.3) is 0 Å². The van der Waals surface area contributed by atoms with E-state index in [0.717, 1.165) is 30.4 Å². The van der Waals surface area contributed by atoms with E-state index in [2.05, 4.69) is 12.2 Å². The third-order valence-corrected chi connectivity index (χ3v) is 9.41. The van der Waals surface area contributed by atoms with Crippen LogP contribution in [0.3, 0.4) is 0 Å². The van der Waals surface area contributed by atoms with Crippen molar-refractivity contribution in [3.05, 3.63) is 71.8 Å². The first-order valence-electron chi connectivity index (χ1n) is 18.2. The van der Waals surface area contributed by atoms with Crippen molar-refractivity contribution in [3.8, 4) is 0 Å². The summed E-state index contributed by atoms with van der Waals surface area (Å²) in [6, 6.07) is 16.4. The van der Waals surface area contributed by atoms with Gasteiger partial charge in [-0.3, -0.25) is 14.4 Å². The lowest BCUT2D eigenvalue weighted by atomic mass is 9.71. The smallest absolute Gasteiger partial charge is 0.306 e. The van der Waals surface area contributed by atoms with E-state index in [1.807, 2.05) is 12.1 Å². The van der Waals surface area contributed by atoms with E-state index in [0.29, 0.717) is 6.42 Å². The maximum Gasteiger partial charge on any atom is 0.306 e. The molecule has 0 aliphatic carbocycles. The maximum absolute atomic E-state index is 13.1. The predicted octanol–water partition coefficient (Wildman–Crippen LogP) is 4.86. The van der Waals surface area contributed by atoms with Gasteiger partial charge in [0.05, 0.1) is 19.4 Å². The van der Waals surface area contributed by atoms with Gasteiger partial charge in [0.1, 0.15) is 37.1 Å². The maximum atomic E-state index is 13.1. The van der Waals surface area contributed by atoms with Crippen LogP contribution in [-0.4, -0.2) is 75.0 Å². The van der Waals surface area contributed by atoms with Gasteiger partial charge < -0.3 is 40.0 Å². The topological polar surface area (TPSA) is 172 Å². The van der Waals surface area contributed by atoms with E-state index >= 15 is 0 Å². The van der Waals surface area contributed by atoms with Crippen molar-refractivity contribution in [2.75, 3.05) is 6.61 Å². The Labute approximate surface area is 296 Å². The van der Waals surface area contributed by atoms with Crippen LogP contribution in [0.2, 0.25) is 0 Å². The number of benzene rings is 2. The van der Waals surface area contributed by atoms with Crippen molar-refractivity contribution < 1.29 is 49.0 Å². The molecule has 11 heteroatoms. The Kier molecular flexibility index (Phi) is 18.5. The summed E-state index contributed by atoms with van der Waals surface area (Å²) in [5.74, 6) is -3.41. The summed E-state index contributed by atoms with van der Waals surface area (Å²) in [5, 5.41) is 47.2. The molecule has 0 radical (unpaired) electrons. The van der Waals surface area contributed by atoms with Gasteiger partial charge in [-0.05, 0) is 17.5 Å². The Balaban J connectivity index is 1.63. The monoisotopic (exact) mass is 699 g/mol. The molecule has 1 amide bonds. The lowest BCUT2D eigenvalue weighted by Crippen LogP contribution is -2.73. The SMILES string of the molecule is CCCCCCCCCCCCCC(=O)N[C@@H]1[C@@H](O)[C@@](O)(C(CC(=O)OCc2ccccc2)CC(=O)OCc2ccccc2)[C@@H](CO)O[C@@H]1O. The van der Waals surface area contributed by atoms with Gasteiger partial charge in [0, 0.05) is 12.3 Å². The Morgan fingerprint density at radius 1 is 0.760 bits per heavy atom. The van der Waals surface area contributed by atoms with Crippen LogP contribution in [0.1, 0.15) is 108 Å². The molecule has 0 bridgehead atoms. The summed E-state index contributed by atoms with van der Waals surface area (Å²) in [7, 11) is 0. The van der Waals surface area contributed by atoms with Gasteiger partial charge in [-0.1, -0.05) is 132 Å². The molecule has 0 aromatic heterocycles. The highest BCUT2D eigenvalue weighted by molar-refractivity contribution is 5.76. The summed E-state index contributed by atoms with van der Waals surface area (Å²) in [6.45, 7) is 1.21. The van der Waals surface area contributed by atoms with Gasteiger partial charge in [-0.2, -0.15) is 0 Å². The molecular formula is C39H57NO10. The molecule has 0 unspecified atom stereocenters. The molecular weight excluding hydrogens is 642 g/mol. The number of aliphatic hydroxyl groups is 4. The Morgan fingerprint density at radius 2 is 1.22 bits per heavy atom. The Morgan fingerprint density at radius 3 is 1.68 bits per heavy atom. The number of ether oxygens (including phenoxy) is 3. The van der Waals surface area contributed by atoms with Crippen LogP contribution in [0.4, 0.5) is 0 Å². The van der Waals surface area contributed by atoms with Crippen LogP contribution in [0, 0.1) is 5.92 Å². The van der Waals surface area contributed by atoms with Gasteiger partial charge in [0.2, 0.25) is 5.91 Å². The highest BCUT2D eigenvalue weighted by Crippen LogP contribution is 2.39. The number of carbonyl (C=O) groups excluding carboxylic acids is 3. The minimum atomic E-state index is -2.47. The van der Waals surface area contributed by atoms with E-state index in [4.69, 9.17) is 14.2 Å². The molecule has 1 fully saturated rings. The normalized spacial score (nSPS) is 21.9. The second kappa shape index (κ2) is 22.5. The number of hydrogen-bond acceptors (Lipinski definition) is 10. The van der Waals surface area contributed by atoms with Crippen LogP contribution in [0.5, 0.6) is 0 Å². The third kappa shape index (κ3) is 13.4. The van der Waals surface area contributed by atoms with Crippen molar-refractivity contribution in [1.82, 2.24) is 5.32 Å². The fourth-order valence-corrected chi connectivity index (χ4v) is 6.44. The quantitative estimate of drug-likeness (QED) is 0.0797. The molecule has 2 aromatic carbocycles. The van der Waals surface area contributed by atoms with Gasteiger partial charge in [-0.15, -0.1) is 0 Å². The second-order valence-corrected chi connectivity index (χ2v) is 13.3. The number of esters is 2. The van der Waals surface area contributed by atoms with Crippen molar-refractivity contribution in [2.24, 2.45) is 5.92 Å². The number of amides is 1. The molecule has 0 saturated carbocycles. The zero-order chi connectivity index (χ0) is 36.2. The average molecular weight is 700 g/mol. The van der Waals surface area contributed by atoms with Crippen molar-refractivity contribution >= 4 is 17.8 Å². The van der Waals surface area contributed by atoms with Gasteiger partial charge in [0.15, 0.2) is 6.29 Å². The molecule has 1 saturated heterocycles. The fraction of sp³-hybridized carbons (Fsp3) is 0.615. The number of nitrogens with one attached hydrogen (secondary N) is 1. The fourth-order valence-electron chi connectivity index (χ4n) is 6.44. The Bertz CT molecular complexity index is 1200. The number of carbonyl (C=O) groups is 3. The van der Waals surface area contributed by atoms with Crippen LogP contribution >= 0.6 is 0 Å². The van der Waals surface area contributed by atoms with Crippen molar-refractivity contribution in [3.63, 3.8) is 0 Å². The standard InChI is InChI=1S/C39H57NO10/c1-2-3-4-5-6-7-8-9-10-11-18-23-33(42)40-36-37(45)39(47,32(26-41)50-38(36)46)31(24-34(43)48-27-29-19-14-12-15-20-29)25-35(44)49-28-30-21-16-13-17-22-30/h12-17,19-22,31-32,36-38,41,45-47H,2-11,18,23-28H2,1H3,(H,40,42)/t32-,36-,37-,38+,39-/m1/s1. The number of unbranched alkanes of at least 4 members (excludes halogenated alkanes) is 10. The zero-order valence-electron chi connectivity index (χ0n) is 29.4. The number of aliphatic hydroxyl groups excluding tert-OH is 3. The lowest BCUT2D eigenvalue weighted by molar-refractivity contribution is -0.307. The molecule has 278 valence electrons. The molecule has 0 spiro atoms. The summed E-state index contributed by atoms with van der Waals surface area (Å²) >= 11 is 0. The van der Waals surface area contributed by atoms with Gasteiger partial charge >= 0.3 is 11.9 Å². The number of hydrogen-bond donors (Lipinski definition) is 5. The first-order chi connectivity index (χ1) is 24.2. The van der Waals surface area contributed by atoms with Gasteiger partial charge in [-0.25, -0.2) is 0 Å². The van der Waals surface area contributed by atoms with E-state index in [1.165, 1.54) is 44.9 Å². The minimum Gasteiger partial charge on any atom is -0.461 e. The molecule has 5 atom stereocenters. The molecule has 3 rings (SSSR count). The number of rotatable bonds is 23. The second-order valence-electron chi connectivity index (χ2n) is 13.3. The predicted molar refractivity (Wildman–Crippen MR) is 187 cm³/mol. The minimum absolute atomic E-state index is 0.0673. The van der Waals surface area contributed by atoms with E-state index in [1.54, 1.807) is 48.5 Å². The molecule has 1 heterocycles. The Hall–Kier alpha value is -3.35. The first-order valence-corrected chi connectivity index (χ1v) is 18.2. The molecule has 11 nitrogen and oxygen atoms in total. The zero-order valence-corrected chi connectivity index (χ0v) is 29.4. The largest absolute Gasteiger partial charge is 0.461 e. The first kappa shape index (κ1) is 41.1. The van der Waals surface area contributed by atoms with Crippen LogP contribution in [0.15, 0.2) is 60.7 Å². The molecule has 50 heavy (non-hydrogen) atoms. The highest BCUT2D eigenvalue weighted by atomic mass is 16.6. The lowest BCUT2D eigenvalue weighted by Gasteiger charge is -2.51. The average Bonchev–Trinajstić information content (AvgIpc) is 3.12.